The molecule has 1 heterocycles. The van der Waals surface area contributed by atoms with Crippen LogP contribution >= 0.6 is 11.3 Å². The molecular formula is C10H18N2OS2. The van der Waals surface area contributed by atoms with Gasteiger partial charge in [-0.15, -0.1) is 16.1 Å². The first-order valence-corrected chi connectivity index (χ1v) is 6.93. The number of nitrogens with one attached hydrogen (secondary N) is 1. The molecule has 0 saturated heterocycles. The highest BCUT2D eigenvalue weighted by molar-refractivity contribution is 7.90. The average molecular weight is 246 g/mol. The standard InChI is InChI=1S/C10H18N2OS2/c1-7-6-14-9(11-7)8(2)12-15(13)10(3,4)5/h6,8,12H,1-5H3/t8-,15-/m0/s1. The lowest BCUT2D eigenvalue weighted by Crippen LogP contribution is -2.40. The largest absolute Gasteiger partial charge is 0.598 e. The molecule has 1 N–H and O–H groups in total. The molecule has 3 nitrogen and oxygen atoms in total. The quantitative estimate of drug-likeness (QED) is 0.834. The molecule has 1 aromatic rings. The van der Waals surface area contributed by atoms with Gasteiger partial charge in [-0.05, 0) is 34.6 Å². The van der Waals surface area contributed by atoms with Crippen molar-refractivity contribution in [3.05, 3.63) is 16.1 Å². The Morgan fingerprint density at radius 1 is 1.53 bits per heavy atom. The van der Waals surface area contributed by atoms with Crippen LogP contribution in [0, 0.1) is 6.92 Å². The van der Waals surface area contributed by atoms with Crippen LogP contribution in [0.15, 0.2) is 5.38 Å². The molecule has 0 aliphatic heterocycles. The van der Waals surface area contributed by atoms with E-state index >= 15 is 0 Å². The maximum Gasteiger partial charge on any atom is 0.136 e. The van der Waals surface area contributed by atoms with Crippen LogP contribution in [-0.2, 0) is 11.4 Å². The molecule has 15 heavy (non-hydrogen) atoms. The van der Waals surface area contributed by atoms with Crippen molar-refractivity contribution in [3.8, 4) is 0 Å². The number of aryl methyl sites for hydroxylation is 1. The topological polar surface area (TPSA) is 48.0 Å². The fraction of sp³-hybridized carbons (Fsp3) is 0.700. The molecule has 0 aromatic carbocycles. The Balaban J connectivity index is 2.60. The highest BCUT2D eigenvalue weighted by Gasteiger charge is 2.28. The molecule has 1 aromatic heterocycles. The number of hydrogen-bond acceptors (Lipinski definition) is 4. The summed E-state index contributed by atoms with van der Waals surface area (Å²) in [7, 11) is 0. The lowest BCUT2D eigenvalue weighted by Gasteiger charge is -2.25. The minimum Gasteiger partial charge on any atom is -0.598 e. The van der Waals surface area contributed by atoms with Gasteiger partial charge in [-0.2, -0.15) is 0 Å². The highest BCUT2D eigenvalue weighted by atomic mass is 32.2. The van der Waals surface area contributed by atoms with E-state index in [1.54, 1.807) is 11.3 Å². The third-order valence-corrected chi connectivity index (χ3v) is 4.67. The van der Waals surface area contributed by atoms with Gasteiger partial charge in [0, 0.05) is 22.4 Å². The molecule has 0 unspecified atom stereocenters. The maximum atomic E-state index is 11.8. The van der Waals surface area contributed by atoms with Gasteiger partial charge in [-0.3, -0.25) is 0 Å². The molecule has 0 aliphatic rings. The van der Waals surface area contributed by atoms with Crippen molar-refractivity contribution in [2.75, 3.05) is 0 Å². The molecule has 0 fully saturated rings. The predicted octanol–water partition coefficient (Wildman–Crippen LogP) is 2.56. The SMILES string of the molecule is Cc1csc([C@H](C)N[S@@+]([O-])C(C)(C)C)n1. The monoisotopic (exact) mass is 246 g/mol. The Kier molecular flexibility index (Phi) is 4.17. The second kappa shape index (κ2) is 4.82. The van der Waals surface area contributed by atoms with Gasteiger partial charge >= 0.3 is 0 Å². The number of nitrogens with zero attached hydrogens (tertiary/aromatic N) is 1. The summed E-state index contributed by atoms with van der Waals surface area (Å²) in [5.41, 5.74) is 1.02. The Morgan fingerprint density at radius 3 is 2.53 bits per heavy atom. The maximum absolute atomic E-state index is 11.8. The van der Waals surface area contributed by atoms with Crippen LogP contribution in [0.1, 0.15) is 44.4 Å². The zero-order valence-electron chi connectivity index (χ0n) is 9.83. The van der Waals surface area contributed by atoms with E-state index in [4.69, 9.17) is 0 Å². The van der Waals surface area contributed by atoms with Crippen LogP contribution in [-0.4, -0.2) is 14.3 Å². The number of hydrogen-bond donors (Lipinski definition) is 1. The Bertz CT molecular complexity index is 319. The van der Waals surface area contributed by atoms with Crippen LogP contribution in [0.5, 0.6) is 0 Å². The molecule has 1 rings (SSSR count). The summed E-state index contributed by atoms with van der Waals surface area (Å²) < 4.78 is 14.7. The molecular weight excluding hydrogens is 228 g/mol. The van der Waals surface area contributed by atoms with Crippen LogP contribution in [0.4, 0.5) is 0 Å². The van der Waals surface area contributed by atoms with Gasteiger partial charge < -0.3 is 4.55 Å². The Morgan fingerprint density at radius 2 is 2.13 bits per heavy atom. The molecule has 86 valence electrons. The zero-order valence-corrected chi connectivity index (χ0v) is 11.5. The summed E-state index contributed by atoms with van der Waals surface area (Å²) in [6.45, 7) is 9.82. The summed E-state index contributed by atoms with van der Waals surface area (Å²) >= 11 is 0.560. The van der Waals surface area contributed by atoms with Crippen molar-refractivity contribution in [3.63, 3.8) is 0 Å². The molecule has 0 spiro atoms. The Hall–Kier alpha value is -0.100. The van der Waals surface area contributed by atoms with E-state index < -0.39 is 11.4 Å². The molecule has 5 heteroatoms. The highest BCUT2D eigenvalue weighted by Crippen LogP contribution is 2.21. The molecule has 0 saturated carbocycles. The number of aromatic nitrogens is 1. The summed E-state index contributed by atoms with van der Waals surface area (Å²) in [6.07, 6.45) is 0. The first kappa shape index (κ1) is 13.0. The normalized spacial score (nSPS) is 16.4. The first-order valence-electron chi connectivity index (χ1n) is 4.91. The molecule has 0 amide bonds. The summed E-state index contributed by atoms with van der Waals surface area (Å²) in [4.78, 5) is 4.37. The summed E-state index contributed by atoms with van der Waals surface area (Å²) in [6, 6.07) is 0.0451. The van der Waals surface area contributed by atoms with E-state index in [0.29, 0.717) is 0 Å². The minimum atomic E-state index is -1.04. The Labute approximate surface area is 98.6 Å². The first-order chi connectivity index (χ1) is 6.80. The van der Waals surface area contributed by atoms with E-state index in [0.717, 1.165) is 10.7 Å². The van der Waals surface area contributed by atoms with Gasteiger partial charge in [0.15, 0.2) is 0 Å². The third-order valence-electron chi connectivity index (χ3n) is 1.85. The van der Waals surface area contributed by atoms with E-state index in [1.807, 2.05) is 40.0 Å². The van der Waals surface area contributed by atoms with Gasteiger partial charge in [0.1, 0.15) is 15.8 Å². The lowest BCUT2D eigenvalue weighted by atomic mass is 10.3. The van der Waals surface area contributed by atoms with Gasteiger partial charge in [0.05, 0.1) is 0 Å². The van der Waals surface area contributed by atoms with E-state index in [2.05, 4.69) is 9.71 Å². The summed E-state index contributed by atoms with van der Waals surface area (Å²) in [5.74, 6) is 0. The van der Waals surface area contributed by atoms with Gasteiger partial charge in [0.2, 0.25) is 0 Å². The molecule has 0 bridgehead atoms. The van der Waals surface area contributed by atoms with Crippen molar-refractivity contribution >= 4 is 22.7 Å². The second-order valence-electron chi connectivity index (χ2n) is 4.55. The van der Waals surface area contributed by atoms with Crippen molar-refractivity contribution in [2.45, 2.75) is 45.4 Å². The van der Waals surface area contributed by atoms with E-state index in [9.17, 15) is 4.55 Å². The van der Waals surface area contributed by atoms with Crippen LogP contribution in [0.25, 0.3) is 0 Å². The second-order valence-corrected chi connectivity index (χ2v) is 7.44. The minimum absolute atomic E-state index is 0.0451. The van der Waals surface area contributed by atoms with Crippen LogP contribution in [0.2, 0.25) is 0 Å². The zero-order chi connectivity index (χ0) is 11.6. The predicted molar refractivity (Wildman–Crippen MR) is 66.3 cm³/mol. The van der Waals surface area contributed by atoms with Crippen molar-refractivity contribution in [2.24, 2.45) is 0 Å². The molecule has 0 radical (unpaired) electrons. The van der Waals surface area contributed by atoms with Crippen LogP contribution in [0.3, 0.4) is 0 Å². The smallest absolute Gasteiger partial charge is 0.136 e. The van der Waals surface area contributed by atoms with Crippen molar-refractivity contribution < 1.29 is 4.55 Å². The van der Waals surface area contributed by atoms with E-state index in [1.165, 1.54) is 0 Å². The third kappa shape index (κ3) is 3.75. The lowest BCUT2D eigenvalue weighted by molar-refractivity contribution is 0.530. The average Bonchev–Trinajstić information content (AvgIpc) is 2.50. The molecule has 0 aliphatic carbocycles. The molecule has 2 atom stereocenters. The van der Waals surface area contributed by atoms with Gasteiger partial charge in [-0.1, -0.05) is 0 Å². The van der Waals surface area contributed by atoms with Crippen molar-refractivity contribution in [1.29, 1.82) is 0 Å². The fourth-order valence-corrected chi connectivity index (χ4v) is 2.62. The van der Waals surface area contributed by atoms with Gasteiger partial charge in [0.25, 0.3) is 0 Å². The fourth-order valence-electron chi connectivity index (χ4n) is 0.959. The van der Waals surface area contributed by atoms with Crippen LogP contribution < -0.4 is 4.72 Å². The van der Waals surface area contributed by atoms with E-state index in [-0.39, 0.29) is 10.8 Å². The summed E-state index contributed by atoms with van der Waals surface area (Å²) in [5, 5.41) is 3.00. The van der Waals surface area contributed by atoms with Gasteiger partial charge in [-0.25, -0.2) is 4.98 Å². The number of rotatable bonds is 3. The number of thiazole rings is 1. The van der Waals surface area contributed by atoms with Crippen molar-refractivity contribution in [1.82, 2.24) is 9.71 Å².